The van der Waals surface area contributed by atoms with Gasteiger partial charge in [0.2, 0.25) is 0 Å². The molecule has 2 N–H and O–H groups in total. The molecule has 4 nitrogen and oxygen atoms in total. The van der Waals surface area contributed by atoms with E-state index in [2.05, 4.69) is 59.2 Å². The van der Waals surface area contributed by atoms with Crippen LogP contribution < -0.4 is 20.1 Å². The summed E-state index contributed by atoms with van der Waals surface area (Å²) in [7, 11) is 3.36. The highest BCUT2D eigenvalue weighted by atomic mass is 16.5. The van der Waals surface area contributed by atoms with Crippen molar-refractivity contribution in [1.82, 2.24) is 0 Å². The largest absolute Gasteiger partial charge is 0.497 e. The molecule has 0 radical (unpaired) electrons. The fraction of sp³-hybridized carbons (Fsp3) is 0.143. The average Bonchev–Trinajstić information content (AvgIpc) is 2.88. The van der Waals surface area contributed by atoms with Gasteiger partial charge in [-0.15, -0.1) is 0 Å². The topological polar surface area (TPSA) is 42.5 Å². The van der Waals surface area contributed by atoms with Crippen molar-refractivity contribution in [2.24, 2.45) is 0 Å². The number of anilines is 2. The van der Waals surface area contributed by atoms with Gasteiger partial charge < -0.3 is 20.1 Å². The zero-order chi connectivity index (χ0) is 22.2. The fourth-order valence-corrected chi connectivity index (χ4v) is 3.77. The Morgan fingerprint density at radius 1 is 0.469 bits per heavy atom. The van der Waals surface area contributed by atoms with Crippen molar-refractivity contribution >= 4 is 11.4 Å². The summed E-state index contributed by atoms with van der Waals surface area (Å²) in [5.41, 5.74) is 4.44. The highest BCUT2D eigenvalue weighted by Gasteiger charge is 2.25. The molecule has 162 valence electrons. The van der Waals surface area contributed by atoms with E-state index in [0.717, 1.165) is 22.9 Å². The Bertz CT molecular complexity index is 991. The number of hydrogen-bond donors (Lipinski definition) is 2. The Balaban J connectivity index is 1.72. The first kappa shape index (κ1) is 21.3. The number of benzene rings is 4. The molecule has 0 unspecified atom stereocenters. The number of nitrogens with one attached hydrogen (secondary N) is 2. The van der Waals surface area contributed by atoms with E-state index < -0.39 is 0 Å². The lowest BCUT2D eigenvalue weighted by molar-refractivity contribution is 0.414. The third-order valence-electron chi connectivity index (χ3n) is 5.48. The van der Waals surface area contributed by atoms with Crippen LogP contribution in [0, 0.1) is 0 Å². The second-order valence-corrected chi connectivity index (χ2v) is 7.52. The molecule has 0 amide bonds. The monoisotopic (exact) mass is 424 g/mol. The molecule has 4 heteroatoms. The van der Waals surface area contributed by atoms with Gasteiger partial charge in [-0.1, -0.05) is 60.7 Å². The van der Waals surface area contributed by atoms with Gasteiger partial charge in [-0.25, -0.2) is 0 Å². The summed E-state index contributed by atoms with van der Waals surface area (Å²) >= 11 is 0. The van der Waals surface area contributed by atoms with Gasteiger partial charge in [0.1, 0.15) is 11.5 Å². The van der Waals surface area contributed by atoms with Gasteiger partial charge in [-0.3, -0.25) is 0 Å². The standard InChI is InChI=1S/C28H28N2O2/c1-31-25-17-13-23(14-18-25)29-27(21-9-5-3-6-10-21)28(22-11-7-4-8-12-22)30-24-15-19-26(32-2)20-16-24/h3-20,27-30H,1-2H3/t27-,28-/m0/s1. The highest BCUT2D eigenvalue weighted by Crippen LogP contribution is 2.35. The SMILES string of the molecule is COc1ccc(N[C@@H](c2ccccc2)[C@@H](Nc2ccc(OC)cc2)c2ccccc2)cc1. The normalized spacial score (nSPS) is 12.4. The minimum Gasteiger partial charge on any atom is -0.497 e. The van der Waals surface area contributed by atoms with E-state index in [1.54, 1.807) is 14.2 Å². The van der Waals surface area contributed by atoms with Crippen LogP contribution in [0.5, 0.6) is 11.5 Å². The van der Waals surface area contributed by atoms with Crippen LogP contribution in [0.3, 0.4) is 0 Å². The molecule has 0 aliphatic heterocycles. The van der Waals surface area contributed by atoms with E-state index in [-0.39, 0.29) is 12.1 Å². The lowest BCUT2D eigenvalue weighted by Gasteiger charge is -2.31. The van der Waals surface area contributed by atoms with Gasteiger partial charge in [-0.05, 0) is 59.7 Å². The van der Waals surface area contributed by atoms with Gasteiger partial charge in [0.05, 0.1) is 26.3 Å². The molecule has 4 aromatic carbocycles. The Hall–Kier alpha value is -3.92. The van der Waals surface area contributed by atoms with Crippen LogP contribution in [0.25, 0.3) is 0 Å². The Morgan fingerprint density at radius 3 is 1.12 bits per heavy atom. The van der Waals surface area contributed by atoms with Crippen molar-refractivity contribution in [3.05, 3.63) is 120 Å². The molecule has 2 atom stereocenters. The third-order valence-corrected chi connectivity index (χ3v) is 5.48. The molecule has 0 spiro atoms. The van der Waals surface area contributed by atoms with Crippen molar-refractivity contribution < 1.29 is 9.47 Å². The van der Waals surface area contributed by atoms with Crippen LogP contribution >= 0.6 is 0 Å². The molecule has 0 bridgehead atoms. The number of hydrogen-bond acceptors (Lipinski definition) is 4. The van der Waals surface area contributed by atoms with Crippen LogP contribution in [0.2, 0.25) is 0 Å². The smallest absolute Gasteiger partial charge is 0.119 e. The molecule has 0 aromatic heterocycles. The molecule has 0 saturated carbocycles. The van der Waals surface area contributed by atoms with E-state index in [0.29, 0.717) is 0 Å². The van der Waals surface area contributed by atoms with Crippen molar-refractivity contribution in [2.75, 3.05) is 24.9 Å². The summed E-state index contributed by atoms with van der Waals surface area (Å²) in [6, 6.07) is 37.1. The summed E-state index contributed by atoms with van der Waals surface area (Å²) < 4.78 is 10.6. The van der Waals surface area contributed by atoms with Gasteiger partial charge in [0.15, 0.2) is 0 Å². The van der Waals surface area contributed by atoms with Gasteiger partial charge in [-0.2, -0.15) is 0 Å². The number of rotatable bonds is 9. The van der Waals surface area contributed by atoms with E-state index >= 15 is 0 Å². The summed E-state index contributed by atoms with van der Waals surface area (Å²) in [6.07, 6.45) is 0. The van der Waals surface area contributed by atoms with Crippen molar-refractivity contribution in [2.45, 2.75) is 12.1 Å². The minimum absolute atomic E-state index is 0.0194. The van der Waals surface area contributed by atoms with Crippen molar-refractivity contribution in [3.63, 3.8) is 0 Å². The second-order valence-electron chi connectivity index (χ2n) is 7.52. The minimum atomic E-state index is -0.0194. The van der Waals surface area contributed by atoms with E-state index in [9.17, 15) is 0 Å². The number of ether oxygens (including phenoxy) is 2. The fourth-order valence-electron chi connectivity index (χ4n) is 3.77. The van der Waals surface area contributed by atoms with Gasteiger partial charge in [0, 0.05) is 11.4 Å². The molecular formula is C28H28N2O2. The van der Waals surface area contributed by atoms with E-state index in [4.69, 9.17) is 9.47 Å². The van der Waals surface area contributed by atoms with Crippen LogP contribution in [-0.4, -0.2) is 14.2 Å². The summed E-state index contributed by atoms with van der Waals surface area (Å²) in [5.74, 6) is 1.67. The molecule has 0 saturated heterocycles. The zero-order valence-corrected chi connectivity index (χ0v) is 18.4. The van der Waals surface area contributed by atoms with E-state index in [1.165, 1.54) is 11.1 Å². The lowest BCUT2D eigenvalue weighted by Crippen LogP contribution is -2.25. The first-order chi connectivity index (χ1) is 15.8. The molecule has 0 aliphatic rings. The Kier molecular flexibility index (Phi) is 6.93. The Labute approximate surface area is 189 Å². The predicted molar refractivity (Wildman–Crippen MR) is 132 cm³/mol. The third kappa shape index (κ3) is 5.22. The highest BCUT2D eigenvalue weighted by molar-refractivity contribution is 5.53. The van der Waals surface area contributed by atoms with Crippen LogP contribution in [0.1, 0.15) is 23.2 Å². The van der Waals surface area contributed by atoms with E-state index in [1.807, 2.05) is 60.7 Å². The molecule has 32 heavy (non-hydrogen) atoms. The first-order valence-electron chi connectivity index (χ1n) is 10.7. The van der Waals surface area contributed by atoms with Crippen LogP contribution in [-0.2, 0) is 0 Å². The maximum Gasteiger partial charge on any atom is 0.119 e. The summed E-state index contributed by atoms with van der Waals surface area (Å²) in [5, 5.41) is 7.49. The van der Waals surface area contributed by atoms with Crippen LogP contribution in [0.4, 0.5) is 11.4 Å². The quantitative estimate of drug-likeness (QED) is 0.313. The molecule has 0 fully saturated rings. The predicted octanol–water partition coefficient (Wildman–Crippen LogP) is 6.71. The molecular weight excluding hydrogens is 396 g/mol. The zero-order valence-electron chi connectivity index (χ0n) is 18.4. The maximum atomic E-state index is 5.32. The molecule has 0 heterocycles. The molecule has 0 aliphatic carbocycles. The summed E-state index contributed by atoms with van der Waals surface area (Å²) in [4.78, 5) is 0. The second kappa shape index (κ2) is 10.4. The molecule has 4 rings (SSSR count). The van der Waals surface area contributed by atoms with Crippen molar-refractivity contribution in [1.29, 1.82) is 0 Å². The van der Waals surface area contributed by atoms with Crippen LogP contribution in [0.15, 0.2) is 109 Å². The first-order valence-corrected chi connectivity index (χ1v) is 10.7. The van der Waals surface area contributed by atoms with Gasteiger partial charge in [0.25, 0.3) is 0 Å². The number of methoxy groups -OCH3 is 2. The lowest BCUT2D eigenvalue weighted by atomic mass is 9.92. The van der Waals surface area contributed by atoms with Gasteiger partial charge >= 0.3 is 0 Å². The van der Waals surface area contributed by atoms with Crippen molar-refractivity contribution in [3.8, 4) is 11.5 Å². The molecule has 4 aromatic rings. The summed E-state index contributed by atoms with van der Waals surface area (Å²) in [6.45, 7) is 0. The average molecular weight is 425 g/mol. The maximum absolute atomic E-state index is 5.32. The Morgan fingerprint density at radius 2 is 0.812 bits per heavy atom.